The number of nitrogens with one attached hydrogen (secondary N) is 3. The average Bonchev–Trinajstić information content (AvgIpc) is 2.65. The normalized spacial score (nSPS) is 16.1. The quantitative estimate of drug-likeness (QED) is 0.701. The Morgan fingerprint density at radius 1 is 1.15 bits per heavy atom. The molecule has 0 unspecified atom stereocenters. The van der Waals surface area contributed by atoms with Crippen LogP contribution in [0, 0.1) is 12.7 Å². The van der Waals surface area contributed by atoms with Crippen molar-refractivity contribution < 1.29 is 14.0 Å². The minimum Gasteiger partial charge on any atom is -0.370 e. The Labute approximate surface area is 159 Å². The number of hydrogen-bond acceptors (Lipinski definition) is 2. The smallest absolute Gasteiger partial charge is 0.171 e. The number of halogens is 1. The number of anilines is 1. The second kappa shape index (κ2) is 9.07. The topological polar surface area (TPSA) is 37.7 Å². The van der Waals surface area contributed by atoms with E-state index in [1.165, 1.54) is 22.1 Å². The minimum atomic E-state index is -0.317. The Bertz CT molecular complexity index is 732. The molecule has 6 heteroatoms. The lowest BCUT2D eigenvalue weighted by molar-refractivity contribution is -0.909. The van der Waals surface area contributed by atoms with E-state index >= 15 is 0 Å². The fourth-order valence-corrected chi connectivity index (χ4v) is 3.34. The van der Waals surface area contributed by atoms with E-state index in [2.05, 4.69) is 41.8 Å². The Kier molecular flexibility index (Phi) is 6.55. The lowest BCUT2D eigenvalue weighted by atomic mass is 10.0. The third-order valence-electron chi connectivity index (χ3n) is 4.60. The number of thiocarbonyl (C=S) groups is 1. The molecule has 1 fully saturated rings. The van der Waals surface area contributed by atoms with Crippen molar-refractivity contribution >= 4 is 23.0 Å². The molecule has 0 radical (unpaired) electrons. The highest BCUT2D eigenvalue weighted by Crippen LogP contribution is 2.15. The van der Waals surface area contributed by atoms with Crippen LogP contribution in [-0.2, 0) is 4.74 Å². The van der Waals surface area contributed by atoms with Gasteiger partial charge in [-0.15, -0.1) is 0 Å². The number of ether oxygens (including phenoxy) is 1. The molecule has 0 aliphatic carbocycles. The van der Waals surface area contributed by atoms with Gasteiger partial charge in [0.25, 0.3) is 0 Å². The van der Waals surface area contributed by atoms with Crippen LogP contribution >= 0.6 is 12.2 Å². The molecule has 4 nitrogen and oxygen atoms in total. The second-order valence-electron chi connectivity index (χ2n) is 6.61. The van der Waals surface area contributed by atoms with E-state index < -0.39 is 0 Å². The van der Waals surface area contributed by atoms with E-state index in [0.29, 0.717) is 10.8 Å². The zero-order valence-electron chi connectivity index (χ0n) is 14.9. The number of rotatable bonds is 5. The zero-order chi connectivity index (χ0) is 18.4. The molecule has 26 heavy (non-hydrogen) atoms. The Hall–Kier alpha value is -2.02. The Balaban J connectivity index is 1.70. The molecular formula is C20H25FN3OS+. The maximum Gasteiger partial charge on any atom is 0.171 e. The molecule has 0 aromatic heterocycles. The van der Waals surface area contributed by atoms with Gasteiger partial charge in [-0.25, -0.2) is 4.39 Å². The highest BCUT2D eigenvalue weighted by atomic mass is 32.1. The molecule has 0 spiro atoms. The summed E-state index contributed by atoms with van der Waals surface area (Å²) in [5, 5.41) is 6.76. The Morgan fingerprint density at radius 2 is 1.85 bits per heavy atom. The monoisotopic (exact) mass is 374 g/mol. The van der Waals surface area contributed by atoms with Crippen molar-refractivity contribution in [2.24, 2.45) is 0 Å². The van der Waals surface area contributed by atoms with Crippen LogP contribution in [0.15, 0.2) is 48.5 Å². The molecule has 0 bridgehead atoms. The molecule has 1 aliphatic heterocycles. The maximum atomic E-state index is 13.9. The van der Waals surface area contributed by atoms with Gasteiger partial charge in [-0.1, -0.05) is 42.0 Å². The standard InChI is InChI=1S/C20H24FN3OS/c1-15-6-8-16(9-7-15)19(14-24-10-12-25-13-11-24)23-20(26)22-18-5-3-2-4-17(18)21/h2-9,19H,10-14H2,1H3,(H2,22,23,26)/p+1/t19-/m0/s1. The predicted octanol–water partition coefficient (Wildman–Crippen LogP) is 2.08. The highest BCUT2D eigenvalue weighted by molar-refractivity contribution is 7.80. The summed E-state index contributed by atoms with van der Waals surface area (Å²) < 4.78 is 19.3. The van der Waals surface area contributed by atoms with Gasteiger partial charge >= 0.3 is 0 Å². The molecule has 2 aromatic carbocycles. The zero-order valence-corrected chi connectivity index (χ0v) is 15.7. The number of morpholine rings is 1. The summed E-state index contributed by atoms with van der Waals surface area (Å²) >= 11 is 5.44. The fourth-order valence-electron chi connectivity index (χ4n) is 3.08. The van der Waals surface area contributed by atoms with Gasteiger partial charge in [-0.3, -0.25) is 0 Å². The lowest BCUT2D eigenvalue weighted by Crippen LogP contribution is -3.14. The fraction of sp³-hybridized carbons (Fsp3) is 0.350. The van der Waals surface area contributed by atoms with Gasteiger partial charge in [0.05, 0.1) is 18.9 Å². The van der Waals surface area contributed by atoms with Gasteiger partial charge in [0.15, 0.2) is 5.11 Å². The largest absolute Gasteiger partial charge is 0.370 e. The van der Waals surface area contributed by atoms with Gasteiger partial charge in [0.2, 0.25) is 0 Å². The van der Waals surface area contributed by atoms with Crippen LogP contribution in [0.3, 0.4) is 0 Å². The molecule has 0 amide bonds. The van der Waals surface area contributed by atoms with Crippen molar-refractivity contribution in [1.29, 1.82) is 0 Å². The molecule has 1 saturated heterocycles. The van der Waals surface area contributed by atoms with Gasteiger partial charge < -0.3 is 20.3 Å². The first kappa shape index (κ1) is 18.8. The van der Waals surface area contributed by atoms with E-state index in [4.69, 9.17) is 17.0 Å². The molecule has 1 heterocycles. The van der Waals surface area contributed by atoms with Crippen molar-refractivity contribution in [2.75, 3.05) is 38.2 Å². The number of hydrogen-bond donors (Lipinski definition) is 3. The summed E-state index contributed by atoms with van der Waals surface area (Å²) in [5.74, 6) is -0.317. The maximum absolute atomic E-state index is 13.9. The first-order chi connectivity index (χ1) is 12.6. The van der Waals surface area contributed by atoms with E-state index in [0.717, 1.165) is 32.8 Å². The van der Waals surface area contributed by atoms with Crippen LogP contribution in [0.1, 0.15) is 17.2 Å². The average molecular weight is 375 g/mol. The Morgan fingerprint density at radius 3 is 2.54 bits per heavy atom. The third kappa shape index (κ3) is 5.24. The van der Waals surface area contributed by atoms with Gasteiger partial charge in [0.1, 0.15) is 31.5 Å². The summed E-state index contributed by atoms with van der Waals surface area (Å²) in [7, 11) is 0. The SMILES string of the molecule is Cc1ccc([C@H](C[NH+]2CCOCC2)NC(=S)Nc2ccccc2F)cc1. The summed E-state index contributed by atoms with van der Waals surface area (Å²) in [5.41, 5.74) is 2.77. The number of benzene rings is 2. The van der Waals surface area contributed by atoms with Crippen LogP contribution < -0.4 is 15.5 Å². The second-order valence-corrected chi connectivity index (χ2v) is 7.02. The van der Waals surface area contributed by atoms with Gasteiger partial charge in [0, 0.05) is 0 Å². The summed E-state index contributed by atoms with van der Waals surface area (Å²) in [6.45, 7) is 6.51. The van der Waals surface area contributed by atoms with E-state index in [9.17, 15) is 4.39 Å². The van der Waals surface area contributed by atoms with Crippen LogP contribution in [0.5, 0.6) is 0 Å². The van der Waals surface area contributed by atoms with Crippen LogP contribution in [0.25, 0.3) is 0 Å². The molecular weight excluding hydrogens is 349 g/mol. The first-order valence-corrected chi connectivity index (χ1v) is 9.32. The van der Waals surface area contributed by atoms with Crippen molar-refractivity contribution in [2.45, 2.75) is 13.0 Å². The summed E-state index contributed by atoms with van der Waals surface area (Å²) in [4.78, 5) is 1.48. The molecule has 3 N–H and O–H groups in total. The third-order valence-corrected chi connectivity index (χ3v) is 4.82. The molecule has 1 atom stereocenters. The van der Waals surface area contributed by atoms with Crippen LogP contribution in [0.4, 0.5) is 10.1 Å². The van der Waals surface area contributed by atoms with E-state index in [-0.39, 0.29) is 11.9 Å². The molecule has 0 saturated carbocycles. The molecule has 138 valence electrons. The van der Waals surface area contributed by atoms with Crippen LogP contribution in [0.2, 0.25) is 0 Å². The van der Waals surface area contributed by atoms with Gasteiger partial charge in [-0.2, -0.15) is 0 Å². The van der Waals surface area contributed by atoms with Gasteiger partial charge in [-0.05, 0) is 36.8 Å². The number of quaternary nitrogens is 1. The molecule has 2 aromatic rings. The number of para-hydroxylation sites is 1. The summed E-state index contributed by atoms with van der Waals surface area (Å²) in [6, 6.07) is 15.0. The van der Waals surface area contributed by atoms with E-state index in [1.807, 2.05) is 0 Å². The number of aryl methyl sites for hydroxylation is 1. The minimum absolute atomic E-state index is 0.0514. The summed E-state index contributed by atoms with van der Waals surface area (Å²) in [6.07, 6.45) is 0. The molecule has 1 aliphatic rings. The van der Waals surface area contributed by atoms with Crippen molar-refractivity contribution in [3.05, 3.63) is 65.5 Å². The lowest BCUT2D eigenvalue weighted by Gasteiger charge is -2.29. The van der Waals surface area contributed by atoms with Crippen molar-refractivity contribution in [3.8, 4) is 0 Å². The highest BCUT2D eigenvalue weighted by Gasteiger charge is 2.22. The first-order valence-electron chi connectivity index (χ1n) is 8.92. The van der Waals surface area contributed by atoms with Crippen LogP contribution in [-0.4, -0.2) is 38.0 Å². The van der Waals surface area contributed by atoms with E-state index in [1.54, 1.807) is 18.2 Å². The predicted molar refractivity (Wildman–Crippen MR) is 106 cm³/mol. The van der Waals surface area contributed by atoms with Crippen molar-refractivity contribution in [3.63, 3.8) is 0 Å². The molecule has 3 rings (SSSR count). The van der Waals surface area contributed by atoms with Crippen molar-refractivity contribution in [1.82, 2.24) is 5.32 Å².